The lowest BCUT2D eigenvalue weighted by atomic mass is 9.76. The zero-order valence-corrected chi connectivity index (χ0v) is 30.9. The summed E-state index contributed by atoms with van der Waals surface area (Å²) in [5.41, 5.74) is 5.05. The summed E-state index contributed by atoms with van der Waals surface area (Å²) in [6.07, 6.45) is 29.3. The lowest BCUT2D eigenvalue weighted by molar-refractivity contribution is 0.441. The first-order valence-corrected chi connectivity index (χ1v) is 23.4. The fourth-order valence-electron chi connectivity index (χ4n) is 10.9. The van der Waals surface area contributed by atoms with E-state index in [4.69, 9.17) is 0 Å². The molecule has 0 radical (unpaired) electrons. The third-order valence-corrected chi connectivity index (χ3v) is 23.0. The maximum atomic E-state index is 4.26. The Morgan fingerprint density at radius 2 is 1.24 bits per heavy atom. The second-order valence-electron chi connectivity index (χ2n) is 16.8. The average Bonchev–Trinajstić information content (AvgIpc) is 3.59. The van der Waals surface area contributed by atoms with Gasteiger partial charge in [-0.1, -0.05) is 184 Å². The second kappa shape index (κ2) is 11.9. The number of benzene rings is 2. The lowest BCUT2D eigenvalue weighted by Gasteiger charge is -2.50. The first-order valence-electron chi connectivity index (χ1n) is 17.9. The van der Waals surface area contributed by atoms with Gasteiger partial charge in [-0.25, -0.2) is 0 Å². The van der Waals surface area contributed by atoms with E-state index >= 15 is 0 Å². The van der Waals surface area contributed by atoms with E-state index in [0.29, 0.717) is 46.6 Å². The molecule has 0 spiro atoms. The van der Waals surface area contributed by atoms with Crippen LogP contribution in [0.4, 0.5) is 0 Å². The highest BCUT2D eigenvalue weighted by atomic mass is 28.3. The number of hydrogen-bond donors (Lipinski definition) is 0. The monoisotopic (exact) mass is 638 g/mol. The van der Waals surface area contributed by atoms with Crippen molar-refractivity contribution in [2.75, 3.05) is 0 Å². The Balaban J connectivity index is 1.54. The predicted molar refractivity (Wildman–Crippen MR) is 205 cm³/mol. The molecule has 0 nitrogen and oxygen atoms in total. The van der Waals surface area contributed by atoms with Gasteiger partial charge in [0, 0.05) is 0 Å². The third kappa shape index (κ3) is 5.06. The second-order valence-corrected chi connectivity index (χ2v) is 26.2. The van der Waals surface area contributed by atoms with Crippen molar-refractivity contribution in [3.8, 4) is 0 Å². The summed E-state index contributed by atoms with van der Waals surface area (Å²) in [4.78, 5) is 0. The zero-order chi connectivity index (χ0) is 32.3. The molecule has 238 valence electrons. The number of allylic oxidation sites excluding steroid dienone is 13. The minimum atomic E-state index is -2.51. The minimum absolute atomic E-state index is 0.131. The van der Waals surface area contributed by atoms with Crippen LogP contribution in [-0.2, 0) is 0 Å². The molecule has 2 heteroatoms. The highest BCUT2D eigenvalue weighted by Crippen LogP contribution is 2.66. The van der Waals surface area contributed by atoms with Crippen molar-refractivity contribution in [3.63, 3.8) is 0 Å². The van der Waals surface area contributed by atoms with Crippen LogP contribution in [0, 0.1) is 40.9 Å². The molecule has 0 heterocycles. The summed E-state index contributed by atoms with van der Waals surface area (Å²) in [7, 11) is -4.10. The van der Waals surface area contributed by atoms with Crippen molar-refractivity contribution >= 4 is 26.5 Å². The van der Waals surface area contributed by atoms with Crippen LogP contribution < -0.4 is 10.4 Å². The minimum Gasteiger partial charge on any atom is -0.103 e. The van der Waals surface area contributed by atoms with E-state index in [-0.39, 0.29) is 5.41 Å². The Bertz CT molecular complexity index is 1590. The first-order chi connectivity index (χ1) is 22.1. The van der Waals surface area contributed by atoms with Crippen LogP contribution in [0.1, 0.15) is 34.1 Å². The summed E-state index contributed by atoms with van der Waals surface area (Å²) >= 11 is 0. The van der Waals surface area contributed by atoms with Gasteiger partial charge in [-0.15, -0.1) is 6.58 Å². The van der Waals surface area contributed by atoms with E-state index in [2.05, 4.69) is 175 Å². The average molecular weight is 639 g/mol. The van der Waals surface area contributed by atoms with Crippen LogP contribution in [0.15, 0.2) is 145 Å². The highest BCUT2D eigenvalue weighted by Gasteiger charge is 2.65. The van der Waals surface area contributed by atoms with Gasteiger partial charge < -0.3 is 0 Å². The SMILES string of the molecule is C=CC[Si](C)(C)C1CC([Si](c2ccccc2)(c2ccccc2)C2C3C=C(C)C=CC3C3C=CC(C(C)(C)C)=CC32)C2C=CC=CC21. The van der Waals surface area contributed by atoms with Crippen molar-refractivity contribution in [3.05, 3.63) is 145 Å². The van der Waals surface area contributed by atoms with Gasteiger partial charge in [0.1, 0.15) is 8.07 Å². The van der Waals surface area contributed by atoms with Gasteiger partial charge in [0.25, 0.3) is 0 Å². The van der Waals surface area contributed by atoms with Gasteiger partial charge in [-0.3, -0.25) is 0 Å². The Morgan fingerprint density at radius 3 is 1.80 bits per heavy atom. The molecule has 5 aliphatic rings. The largest absolute Gasteiger partial charge is 0.125 e. The van der Waals surface area contributed by atoms with E-state index in [9.17, 15) is 0 Å². The fourth-order valence-corrected chi connectivity index (χ4v) is 21.8. The Labute approximate surface area is 281 Å². The number of hydrogen-bond acceptors (Lipinski definition) is 0. The predicted octanol–water partition coefficient (Wildman–Crippen LogP) is 10.6. The molecule has 0 amide bonds. The van der Waals surface area contributed by atoms with E-state index in [1.54, 1.807) is 10.4 Å². The smallest absolute Gasteiger partial charge is 0.103 e. The molecule has 0 aromatic heterocycles. The first kappa shape index (κ1) is 31.6. The van der Waals surface area contributed by atoms with Crippen LogP contribution in [0.3, 0.4) is 0 Å². The van der Waals surface area contributed by atoms with Crippen molar-refractivity contribution in [2.45, 2.75) is 69.9 Å². The van der Waals surface area contributed by atoms with Gasteiger partial charge in [0.05, 0.1) is 8.07 Å². The molecule has 9 atom stereocenters. The topological polar surface area (TPSA) is 0 Å². The highest BCUT2D eigenvalue weighted by molar-refractivity contribution is 7.04. The molecule has 9 unspecified atom stereocenters. The molecule has 46 heavy (non-hydrogen) atoms. The molecule has 2 aromatic rings. The molecule has 0 saturated heterocycles. The maximum Gasteiger partial charge on any atom is 0.125 e. The Morgan fingerprint density at radius 1 is 0.696 bits per heavy atom. The van der Waals surface area contributed by atoms with Crippen LogP contribution in [-0.4, -0.2) is 16.1 Å². The molecular weight excluding hydrogens is 585 g/mol. The van der Waals surface area contributed by atoms with E-state index < -0.39 is 16.1 Å². The molecule has 0 aliphatic heterocycles. The van der Waals surface area contributed by atoms with Crippen LogP contribution in [0.25, 0.3) is 0 Å². The normalized spacial score (nSPS) is 33.2. The van der Waals surface area contributed by atoms with Crippen LogP contribution in [0.5, 0.6) is 0 Å². The summed E-state index contributed by atoms with van der Waals surface area (Å²) < 4.78 is 0. The van der Waals surface area contributed by atoms with E-state index in [1.807, 2.05) is 0 Å². The zero-order valence-electron chi connectivity index (χ0n) is 28.9. The summed E-state index contributed by atoms with van der Waals surface area (Å²) in [6.45, 7) is 19.1. The molecule has 5 aliphatic carbocycles. The van der Waals surface area contributed by atoms with Gasteiger partial charge in [-0.2, -0.15) is 0 Å². The quantitative estimate of drug-likeness (QED) is 0.209. The molecule has 0 N–H and O–H groups in total. The van der Waals surface area contributed by atoms with Gasteiger partial charge in [0.15, 0.2) is 0 Å². The number of fused-ring (bicyclic) bond motifs is 4. The maximum absolute atomic E-state index is 4.26. The lowest BCUT2D eigenvalue weighted by Crippen LogP contribution is -2.67. The Kier molecular flexibility index (Phi) is 8.21. The third-order valence-electron chi connectivity index (χ3n) is 12.9. The van der Waals surface area contributed by atoms with E-state index in [1.165, 1.54) is 23.6 Å². The van der Waals surface area contributed by atoms with Crippen molar-refractivity contribution in [2.24, 2.45) is 40.9 Å². The molecule has 2 saturated carbocycles. The molecule has 0 bridgehead atoms. The molecular formula is C44H54Si2. The fraction of sp³-hybridized carbons (Fsp3) is 0.409. The van der Waals surface area contributed by atoms with Crippen LogP contribution >= 0.6 is 0 Å². The molecule has 2 aromatic carbocycles. The van der Waals surface area contributed by atoms with Gasteiger partial charge in [0.2, 0.25) is 0 Å². The molecule has 7 rings (SSSR count). The van der Waals surface area contributed by atoms with E-state index in [0.717, 1.165) is 5.54 Å². The van der Waals surface area contributed by atoms with Gasteiger partial charge in [-0.05, 0) is 76.1 Å². The Hall–Kier alpha value is -2.95. The van der Waals surface area contributed by atoms with Crippen molar-refractivity contribution in [1.29, 1.82) is 0 Å². The van der Waals surface area contributed by atoms with Gasteiger partial charge >= 0.3 is 0 Å². The van der Waals surface area contributed by atoms with Crippen LogP contribution in [0.2, 0.25) is 35.8 Å². The molecule has 2 fully saturated rings. The van der Waals surface area contributed by atoms with Crippen molar-refractivity contribution < 1.29 is 0 Å². The summed E-state index contributed by atoms with van der Waals surface area (Å²) in [6, 6.07) is 25.3. The standard InChI is InChI=1S/C44H54Si2/c1-8-27-45(6,7)41-30-42(38-22-16-15-21-37(38)41)46(33-17-11-9-12-18-33,34-19-13-10-14-20-34)43-39-28-31(2)23-25-35(39)36-26-24-32(29-40(36)43)44(3,4)5/h8-26,28-29,35-43H,1,27,30H2,2-7H3. The summed E-state index contributed by atoms with van der Waals surface area (Å²) in [5.74, 6) is 3.35. The van der Waals surface area contributed by atoms with Crippen molar-refractivity contribution in [1.82, 2.24) is 0 Å². The number of rotatable bonds is 7. The summed E-state index contributed by atoms with van der Waals surface area (Å²) in [5, 5.41) is 3.31.